The first-order valence-corrected chi connectivity index (χ1v) is 10.9. The Morgan fingerprint density at radius 1 is 1.17 bits per heavy atom. The molecule has 2 aromatic rings. The Morgan fingerprint density at radius 2 is 1.87 bits per heavy atom. The largest absolute Gasteiger partial charge is 0.496 e. The van der Waals surface area contributed by atoms with Crippen LogP contribution in [0.15, 0.2) is 41.3 Å². The van der Waals surface area contributed by atoms with Crippen molar-refractivity contribution in [1.82, 2.24) is 4.31 Å². The van der Waals surface area contributed by atoms with E-state index in [2.05, 4.69) is 5.32 Å². The molecular formula is C20H23N3O6S. The van der Waals surface area contributed by atoms with Crippen LogP contribution < -0.4 is 10.1 Å². The van der Waals surface area contributed by atoms with Gasteiger partial charge in [0.15, 0.2) is 0 Å². The third-order valence-electron chi connectivity index (χ3n) is 5.12. The number of methoxy groups -OCH3 is 1. The number of rotatable bonds is 6. The highest BCUT2D eigenvalue weighted by atomic mass is 32.2. The summed E-state index contributed by atoms with van der Waals surface area (Å²) in [5.41, 5.74) is 0.468. The van der Waals surface area contributed by atoms with E-state index in [0.717, 1.165) is 19.3 Å². The van der Waals surface area contributed by atoms with Gasteiger partial charge < -0.3 is 10.1 Å². The van der Waals surface area contributed by atoms with Crippen LogP contribution in [0.1, 0.15) is 35.2 Å². The fourth-order valence-corrected chi connectivity index (χ4v) is 4.97. The first-order chi connectivity index (χ1) is 14.3. The number of carbonyl (C=O) groups excluding carboxylic acids is 1. The standard InChI is InChI=1S/C20H23N3O6S/c1-14-17(7-6-8-18(14)23(25)26)21-20(24)16-13-15(9-10-19(16)29-2)30(27,28)22-11-4-3-5-12-22/h6-10,13H,3-5,11-12H2,1-2H3,(H,21,24). The van der Waals surface area contributed by atoms with Crippen LogP contribution in [-0.2, 0) is 10.0 Å². The van der Waals surface area contributed by atoms with E-state index in [1.165, 1.54) is 48.7 Å². The lowest BCUT2D eigenvalue weighted by Gasteiger charge is -2.26. The van der Waals surface area contributed by atoms with Crippen LogP contribution in [0.5, 0.6) is 5.75 Å². The van der Waals surface area contributed by atoms with Crippen LogP contribution in [0.2, 0.25) is 0 Å². The van der Waals surface area contributed by atoms with Crippen LogP contribution >= 0.6 is 0 Å². The lowest BCUT2D eigenvalue weighted by Crippen LogP contribution is -2.35. The van der Waals surface area contributed by atoms with Crippen molar-refractivity contribution in [3.8, 4) is 5.75 Å². The summed E-state index contributed by atoms with van der Waals surface area (Å²) in [6.45, 7) is 2.42. The third kappa shape index (κ3) is 4.29. The SMILES string of the molecule is COc1ccc(S(=O)(=O)N2CCCCC2)cc1C(=O)Nc1cccc([N+](=O)[O-])c1C. The molecule has 0 aromatic heterocycles. The fourth-order valence-electron chi connectivity index (χ4n) is 3.43. The van der Waals surface area contributed by atoms with E-state index >= 15 is 0 Å². The summed E-state index contributed by atoms with van der Waals surface area (Å²) in [5, 5.41) is 13.8. The summed E-state index contributed by atoms with van der Waals surface area (Å²) in [7, 11) is -2.36. The molecule has 1 aliphatic rings. The number of ether oxygens (including phenoxy) is 1. The van der Waals surface area contributed by atoms with Crippen LogP contribution in [0, 0.1) is 17.0 Å². The summed E-state index contributed by atoms with van der Waals surface area (Å²) in [5.74, 6) is -0.417. The molecule has 160 valence electrons. The van der Waals surface area contributed by atoms with Crippen molar-refractivity contribution in [2.45, 2.75) is 31.1 Å². The second kappa shape index (κ2) is 8.80. The highest BCUT2D eigenvalue weighted by molar-refractivity contribution is 7.89. The molecule has 0 bridgehead atoms. The molecule has 2 aromatic carbocycles. The van der Waals surface area contributed by atoms with E-state index in [-0.39, 0.29) is 27.6 Å². The van der Waals surface area contributed by atoms with Gasteiger partial charge in [0.25, 0.3) is 11.6 Å². The molecule has 3 rings (SSSR count). The molecule has 30 heavy (non-hydrogen) atoms. The number of hydrogen-bond donors (Lipinski definition) is 1. The van der Waals surface area contributed by atoms with Gasteiger partial charge in [0.2, 0.25) is 10.0 Å². The number of benzene rings is 2. The lowest BCUT2D eigenvalue weighted by atomic mass is 10.1. The molecule has 1 N–H and O–H groups in total. The van der Waals surface area contributed by atoms with E-state index in [1.54, 1.807) is 6.07 Å². The Kier molecular flexibility index (Phi) is 6.37. The van der Waals surface area contributed by atoms with Crippen LogP contribution in [0.4, 0.5) is 11.4 Å². The van der Waals surface area contributed by atoms with E-state index in [9.17, 15) is 23.3 Å². The van der Waals surface area contributed by atoms with Gasteiger partial charge in [-0.1, -0.05) is 12.5 Å². The number of anilines is 1. The van der Waals surface area contributed by atoms with E-state index in [0.29, 0.717) is 18.7 Å². The Morgan fingerprint density at radius 3 is 2.50 bits per heavy atom. The Balaban J connectivity index is 1.95. The Hall–Kier alpha value is -2.98. The minimum atomic E-state index is -3.73. The summed E-state index contributed by atoms with van der Waals surface area (Å²) >= 11 is 0. The van der Waals surface area contributed by atoms with Crippen LogP contribution in [0.25, 0.3) is 0 Å². The number of sulfonamides is 1. The lowest BCUT2D eigenvalue weighted by molar-refractivity contribution is -0.385. The zero-order valence-corrected chi connectivity index (χ0v) is 17.6. The maximum atomic E-state index is 13.0. The molecule has 1 aliphatic heterocycles. The molecular weight excluding hydrogens is 410 g/mol. The van der Waals surface area contributed by atoms with Crippen molar-refractivity contribution in [2.24, 2.45) is 0 Å². The molecule has 0 atom stereocenters. The summed E-state index contributed by atoms with van der Waals surface area (Å²) in [6.07, 6.45) is 2.59. The van der Waals surface area contributed by atoms with Gasteiger partial charge in [-0.2, -0.15) is 4.31 Å². The fraction of sp³-hybridized carbons (Fsp3) is 0.350. The molecule has 0 saturated carbocycles. The van der Waals surface area contributed by atoms with E-state index in [4.69, 9.17) is 4.74 Å². The minimum absolute atomic E-state index is 0.00566. The first-order valence-electron chi connectivity index (χ1n) is 9.49. The summed E-state index contributed by atoms with van der Waals surface area (Å²) < 4.78 is 32.6. The van der Waals surface area contributed by atoms with Crippen molar-refractivity contribution in [3.63, 3.8) is 0 Å². The molecule has 1 saturated heterocycles. The first kappa shape index (κ1) is 21.7. The van der Waals surface area contributed by atoms with Crippen molar-refractivity contribution >= 4 is 27.3 Å². The molecule has 1 fully saturated rings. The second-order valence-electron chi connectivity index (χ2n) is 6.99. The number of piperidine rings is 1. The predicted molar refractivity (Wildman–Crippen MR) is 111 cm³/mol. The highest BCUT2D eigenvalue weighted by Gasteiger charge is 2.28. The van der Waals surface area contributed by atoms with Gasteiger partial charge in [-0.25, -0.2) is 8.42 Å². The maximum Gasteiger partial charge on any atom is 0.274 e. The van der Waals surface area contributed by atoms with Gasteiger partial charge in [0, 0.05) is 19.2 Å². The quantitative estimate of drug-likeness (QED) is 0.551. The number of carbonyl (C=O) groups is 1. The second-order valence-corrected chi connectivity index (χ2v) is 8.93. The maximum absolute atomic E-state index is 13.0. The number of nitrogens with one attached hydrogen (secondary N) is 1. The number of nitrogens with zero attached hydrogens (tertiary/aromatic N) is 2. The predicted octanol–water partition coefficient (Wildman–Crippen LogP) is 3.34. The molecule has 1 amide bonds. The molecule has 0 spiro atoms. The number of hydrogen-bond acceptors (Lipinski definition) is 6. The summed E-state index contributed by atoms with van der Waals surface area (Å²) in [4.78, 5) is 23.5. The molecule has 0 unspecified atom stereocenters. The number of nitro groups is 1. The van der Waals surface area contributed by atoms with Crippen LogP contribution in [-0.4, -0.2) is 43.8 Å². The van der Waals surface area contributed by atoms with Gasteiger partial charge in [-0.3, -0.25) is 14.9 Å². The van der Waals surface area contributed by atoms with Crippen molar-refractivity contribution in [2.75, 3.05) is 25.5 Å². The minimum Gasteiger partial charge on any atom is -0.496 e. The van der Waals surface area contributed by atoms with Gasteiger partial charge in [0.05, 0.1) is 33.7 Å². The van der Waals surface area contributed by atoms with Crippen LogP contribution in [0.3, 0.4) is 0 Å². The van der Waals surface area contributed by atoms with Gasteiger partial charge in [-0.15, -0.1) is 0 Å². The van der Waals surface area contributed by atoms with Gasteiger partial charge in [0.1, 0.15) is 5.75 Å². The molecule has 10 heteroatoms. The zero-order chi connectivity index (χ0) is 21.9. The number of amides is 1. The molecule has 1 heterocycles. The van der Waals surface area contributed by atoms with Crippen molar-refractivity contribution < 1.29 is 22.9 Å². The Bertz CT molecular complexity index is 1080. The Labute approximate surface area is 174 Å². The van der Waals surface area contributed by atoms with Crippen molar-refractivity contribution in [3.05, 3.63) is 57.6 Å². The molecule has 0 aliphatic carbocycles. The zero-order valence-electron chi connectivity index (χ0n) is 16.8. The summed E-state index contributed by atoms with van der Waals surface area (Å²) in [6, 6.07) is 8.49. The molecule has 0 radical (unpaired) electrons. The van der Waals surface area contributed by atoms with Crippen molar-refractivity contribution in [1.29, 1.82) is 0 Å². The monoisotopic (exact) mass is 433 g/mol. The highest BCUT2D eigenvalue weighted by Crippen LogP contribution is 2.29. The van der Waals surface area contributed by atoms with E-state index < -0.39 is 20.9 Å². The van der Waals surface area contributed by atoms with Gasteiger partial charge in [-0.05, 0) is 44.0 Å². The topological polar surface area (TPSA) is 119 Å². The molecule has 9 nitrogen and oxygen atoms in total. The average molecular weight is 433 g/mol. The smallest absolute Gasteiger partial charge is 0.274 e. The normalized spacial score (nSPS) is 14.9. The van der Waals surface area contributed by atoms with E-state index in [1.807, 2.05) is 0 Å². The number of nitro benzene ring substituents is 1. The van der Waals surface area contributed by atoms with Gasteiger partial charge >= 0.3 is 0 Å². The average Bonchev–Trinajstić information content (AvgIpc) is 2.75. The third-order valence-corrected chi connectivity index (χ3v) is 7.01.